The minimum absolute atomic E-state index is 0.0587. The van der Waals surface area contributed by atoms with E-state index in [4.69, 9.17) is 22.1 Å². The number of hydrogen-bond acceptors (Lipinski definition) is 6. The average molecular weight is 468 g/mol. The van der Waals surface area contributed by atoms with Gasteiger partial charge in [-0.25, -0.2) is 4.68 Å². The standard InChI is InChI=1S/C26H18ClN5O2/c27-18-11-12-22-19(13-18)23(20(14-28)26(29)34-22)24(25(33)17-9-5-2-6-10-17)32-15-21(30-31-32)16-7-3-1-4-8-16/h1-13,15,23-24H,29H2. The highest BCUT2D eigenvalue weighted by Gasteiger charge is 2.41. The molecule has 0 saturated heterocycles. The highest BCUT2D eigenvalue weighted by atomic mass is 35.5. The molecule has 0 fully saturated rings. The van der Waals surface area contributed by atoms with Gasteiger partial charge in [-0.05, 0) is 18.2 Å². The van der Waals surface area contributed by atoms with E-state index in [1.54, 1.807) is 48.7 Å². The maximum absolute atomic E-state index is 13.9. The molecule has 1 aliphatic heterocycles. The summed E-state index contributed by atoms with van der Waals surface area (Å²) in [7, 11) is 0. The first-order chi connectivity index (χ1) is 16.6. The van der Waals surface area contributed by atoms with Crippen molar-refractivity contribution in [3.8, 4) is 23.1 Å². The van der Waals surface area contributed by atoms with E-state index in [1.165, 1.54) is 4.68 Å². The van der Waals surface area contributed by atoms with Gasteiger partial charge in [-0.15, -0.1) is 5.10 Å². The fourth-order valence-electron chi connectivity index (χ4n) is 4.14. The number of halogens is 1. The summed E-state index contributed by atoms with van der Waals surface area (Å²) in [5, 5.41) is 19.0. The molecule has 0 bridgehead atoms. The molecule has 1 aliphatic rings. The van der Waals surface area contributed by atoms with Gasteiger partial charge in [0.15, 0.2) is 5.78 Å². The van der Waals surface area contributed by atoms with E-state index < -0.39 is 12.0 Å². The van der Waals surface area contributed by atoms with Crippen molar-refractivity contribution < 1.29 is 9.53 Å². The van der Waals surface area contributed by atoms with Crippen LogP contribution in [0.15, 0.2) is 96.5 Å². The van der Waals surface area contributed by atoms with Crippen molar-refractivity contribution in [2.24, 2.45) is 5.73 Å². The lowest BCUT2D eigenvalue weighted by Gasteiger charge is -2.31. The fraction of sp³-hybridized carbons (Fsp3) is 0.0769. The summed E-state index contributed by atoms with van der Waals surface area (Å²) in [5.41, 5.74) is 8.75. The molecule has 2 heterocycles. The second-order valence-electron chi connectivity index (χ2n) is 7.78. The van der Waals surface area contributed by atoms with Crippen molar-refractivity contribution in [1.82, 2.24) is 15.0 Å². The van der Waals surface area contributed by atoms with Gasteiger partial charge in [0.05, 0.1) is 17.7 Å². The molecular weight excluding hydrogens is 450 g/mol. The number of benzene rings is 3. The number of allylic oxidation sites excluding steroid dienone is 1. The number of aromatic nitrogens is 3. The first-order valence-electron chi connectivity index (χ1n) is 10.5. The summed E-state index contributed by atoms with van der Waals surface area (Å²) in [5.74, 6) is -0.661. The Bertz CT molecular complexity index is 1440. The molecule has 166 valence electrons. The highest BCUT2D eigenvalue weighted by Crippen LogP contribution is 2.46. The van der Waals surface area contributed by atoms with Crippen LogP contribution in [0.4, 0.5) is 0 Å². The van der Waals surface area contributed by atoms with Crippen LogP contribution in [-0.2, 0) is 0 Å². The SMILES string of the molecule is N#CC1=C(N)Oc2ccc(Cl)cc2C1C(C(=O)c1ccccc1)n1cc(-c2ccccc2)nn1. The number of rotatable bonds is 5. The Hall–Kier alpha value is -4.41. The third kappa shape index (κ3) is 3.81. The number of carbonyl (C=O) groups is 1. The van der Waals surface area contributed by atoms with Crippen molar-refractivity contribution in [1.29, 1.82) is 5.26 Å². The van der Waals surface area contributed by atoms with E-state index in [0.29, 0.717) is 27.6 Å². The minimum Gasteiger partial charge on any atom is -0.440 e. The molecule has 0 radical (unpaired) electrons. The van der Waals surface area contributed by atoms with Crippen LogP contribution in [0.1, 0.15) is 27.9 Å². The molecule has 1 aromatic heterocycles. The number of nitrogens with zero attached hydrogens (tertiary/aromatic N) is 4. The third-order valence-electron chi connectivity index (χ3n) is 5.73. The largest absolute Gasteiger partial charge is 0.440 e. The summed E-state index contributed by atoms with van der Waals surface area (Å²) >= 11 is 6.30. The van der Waals surface area contributed by atoms with Gasteiger partial charge in [0.1, 0.15) is 23.6 Å². The van der Waals surface area contributed by atoms with Crippen LogP contribution < -0.4 is 10.5 Å². The monoisotopic (exact) mass is 467 g/mol. The van der Waals surface area contributed by atoms with E-state index in [1.807, 2.05) is 36.4 Å². The third-order valence-corrected chi connectivity index (χ3v) is 5.97. The predicted octanol–water partition coefficient (Wildman–Crippen LogP) is 4.89. The highest BCUT2D eigenvalue weighted by molar-refractivity contribution is 6.30. The maximum Gasteiger partial charge on any atom is 0.205 e. The van der Waals surface area contributed by atoms with Crippen LogP contribution in [-0.4, -0.2) is 20.8 Å². The van der Waals surface area contributed by atoms with Crippen molar-refractivity contribution in [2.75, 3.05) is 0 Å². The number of Topliss-reactive ketones (excluding diaryl/α,β-unsaturated/α-hetero) is 1. The van der Waals surface area contributed by atoms with Gasteiger partial charge in [0.25, 0.3) is 0 Å². The maximum atomic E-state index is 13.9. The minimum atomic E-state index is -0.957. The lowest BCUT2D eigenvalue weighted by Crippen LogP contribution is -2.32. The number of nitrogens with two attached hydrogens (primary N) is 1. The molecule has 0 aliphatic carbocycles. The summed E-state index contributed by atoms with van der Waals surface area (Å²) in [6, 6.07) is 24.6. The molecule has 8 heteroatoms. The number of ether oxygens (including phenoxy) is 1. The Morgan fingerprint density at radius 1 is 1.09 bits per heavy atom. The van der Waals surface area contributed by atoms with Crippen molar-refractivity contribution in [3.63, 3.8) is 0 Å². The molecule has 4 aromatic rings. The van der Waals surface area contributed by atoms with Crippen LogP contribution >= 0.6 is 11.6 Å². The van der Waals surface area contributed by atoms with Crippen LogP contribution in [0, 0.1) is 11.3 Å². The number of ketones is 1. The quantitative estimate of drug-likeness (QED) is 0.418. The number of hydrogen-bond donors (Lipinski definition) is 1. The van der Waals surface area contributed by atoms with Crippen LogP contribution in [0.5, 0.6) is 5.75 Å². The smallest absolute Gasteiger partial charge is 0.205 e. The topological polar surface area (TPSA) is 107 Å². The van der Waals surface area contributed by atoms with E-state index in [0.717, 1.165) is 5.56 Å². The molecule has 2 unspecified atom stereocenters. The summed E-state index contributed by atoms with van der Waals surface area (Å²) in [6.45, 7) is 0. The summed E-state index contributed by atoms with van der Waals surface area (Å²) in [4.78, 5) is 13.9. The zero-order valence-corrected chi connectivity index (χ0v) is 18.6. The van der Waals surface area contributed by atoms with Gasteiger partial charge in [-0.1, -0.05) is 77.5 Å². The van der Waals surface area contributed by atoms with Crippen LogP contribution in [0.2, 0.25) is 5.02 Å². The van der Waals surface area contributed by atoms with E-state index in [9.17, 15) is 10.1 Å². The molecule has 3 aromatic carbocycles. The first kappa shape index (κ1) is 21.4. The van der Waals surface area contributed by atoms with Gasteiger partial charge >= 0.3 is 0 Å². The molecule has 34 heavy (non-hydrogen) atoms. The van der Waals surface area contributed by atoms with Gasteiger partial charge in [0, 0.05) is 21.7 Å². The Kier molecular flexibility index (Phi) is 5.58. The number of carbonyl (C=O) groups excluding carboxylic acids is 1. The molecule has 0 amide bonds. The van der Waals surface area contributed by atoms with Crippen molar-refractivity contribution >= 4 is 17.4 Å². The average Bonchev–Trinajstić information content (AvgIpc) is 3.35. The van der Waals surface area contributed by atoms with Gasteiger partial charge in [-0.3, -0.25) is 4.79 Å². The van der Waals surface area contributed by atoms with Gasteiger partial charge in [0.2, 0.25) is 5.88 Å². The van der Waals surface area contributed by atoms with Crippen LogP contribution in [0.25, 0.3) is 11.3 Å². The normalized spacial score (nSPS) is 15.7. The van der Waals surface area contributed by atoms with Crippen molar-refractivity contribution in [2.45, 2.75) is 12.0 Å². The zero-order chi connectivity index (χ0) is 23.7. The molecule has 7 nitrogen and oxygen atoms in total. The fourth-order valence-corrected chi connectivity index (χ4v) is 4.32. The van der Waals surface area contributed by atoms with E-state index in [-0.39, 0.29) is 17.2 Å². The first-order valence-corrected chi connectivity index (χ1v) is 10.9. The summed E-state index contributed by atoms with van der Waals surface area (Å²) in [6.07, 6.45) is 1.70. The van der Waals surface area contributed by atoms with Crippen molar-refractivity contribution in [3.05, 3.63) is 113 Å². The van der Waals surface area contributed by atoms with Gasteiger partial charge < -0.3 is 10.5 Å². The summed E-state index contributed by atoms with van der Waals surface area (Å²) < 4.78 is 7.18. The second kappa shape index (κ2) is 8.85. The number of nitriles is 1. The van der Waals surface area contributed by atoms with Crippen LogP contribution in [0.3, 0.4) is 0 Å². The van der Waals surface area contributed by atoms with Gasteiger partial charge in [-0.2, -0.15) is 5.26 Å². The van der Waals surface area contributed by atoms with E-state index >= 15 is 0 Å². The van der Waals surface area contributed by atoms with E-state index in [2.05, 4.69) is 16.4 Å². The lowest BCUT2D eigenvalue weighted by atomic mass is 9.80. The molecular formula is C26H18ClN5O2. The Balaban J connectivity index is 1.71. The number of fused-ring (bicyclic) bond motifs is 1. The Morgan fingerprint density at radius 2 is 1.79 bits per heavy atom. The lowest BCUT2D eigenvalue weighted by molar-refractivity contribution is 0.0901. The molecule has 5 rings (SSSR count). The predicted molar refractivity (Wildman–Crippen MR) is 127 cm³/mol. The molecule has 0 saturated carbocycles. The molecule has 2 atom stereocenters. The Labute approximate surface area is 200 Å². The second-order valence-corrected chi connectivity index (χ2v) is 8.21. The molecule has 0 spiro atoms. The zero-order valence-electron chi connectivity index (χ0n) is 17.8. The molecule has 2 N–H and O–H groups in total. The Morgan fingerprint density at radius 3 is 2.50 bits per heavy atom.